The molecule has 21 heavy (non-hydrogen) atoms. The summed E-state index contributed by atoms with van der Waals surface area (Å²) in [5, 5.41) is 1.97. The van der Waals surface area contributed by atoms with Crippen LogP contribution in [0.1, 0.15) is 44.1 Å². The van der Waals surface area contributed by atoms with Gasteiger partial charge in [-0.3, -0.25) is 0 Å². The smallest absolute Gasteiger partial charge is 0.0564 e. The van der Waals surface area contributed by atoms with Crippen molar-refractivity contribution in [1.82, 2.24) is 5.01 Å². The first kappa shape index (κ1) is 13.2. The van der Waals surface area contributed by atoms with Gasteiger partial charge in [0.15, 0.2) is 0 Å². The van der Waals surface area contributed by atoms with Crippen molar-refractivity contribution in [2.75, 3.05) is 0 Å². The fourth-order valence-electron chi connectivity index (χ4n) is 5.37. The number of nitrogens with two attached hydrogens (primary N) is 2. The molecule has 3 nitrogen and oxygen atoms in total. The Hall–Kier alpha value is -1.48. The summed E-state index contributed by atoms with van der Waals surface area (Å²) >= 11 is 0. The minimum Gasteiger partial charge on any atom is -0.397 e. The molecule has 4 N–H and O–H groups in total. The lowest BCUT2D eigenvalue weighted by atomic mass is 9.53. The summed E-state index contributed by atoms with van der Waals surface area (Å²) in [6, 6.07) is 10.1. The monoisotopic (exact) mass is 283 g/mol. The van der Waals surface area contributed by atoms with Crippen molar-refractivity contribution in [3.63, 3.8) is 0 Å². The zero-order chi connectivity index (χ0) is 14.4. The molecule has 5 rings (SSSR count). The molecule has 0 atom stereocenters. The highest BCUT2D eigenvalue weighted by Gasteiger charge is 2.52. The third kappa shape index (κ3) is 2.24. The minimum absolute atomic E-state index is 0.175. The van der Waals surface area contributed by atoms with Crippen molar-refractivity contribution in [2.45, 2.75) is 44.1 Å². The van der Waals surface area contributed by atoms with Gasteiger partial charge in [0.1, 0.15) is 0 Å². The first-order chi connectivity index (χ1) is 10.1. The van der Waals surface area contributed by atoms with Crippen LogP contribution in [0, 0.1) is 17.8 Å². The van der Waals surface area contributed by atoms with E-state index in [-0.39, 0.29) is 5.54 Å². The molecule has 0 spiro atoms. The molecule has 0 unspecified atom stereocenters. The minimum atomic E-state index is 0.175. The molecule has 4 saturated carbocycles. The van der Waals surface area contributed by atoms with E-state index in [0.717, 1.165) is 29.0 Å². The van der Waals surface area contributed by atoms with Crippen LogP contribution in [0.5, 0.6) is 0 Å². The van der Waals surface area contributed by atoms with Gasteiger partial charge in [-0.2, -0.15) is 0 Å². The molecule has 0 aromatic heterocycles. The zero-order valence-electron chi connectivity index (χ0n) is 12.5. The Kier molecular flexibility index (Phi) is 3.00. The highest BCUT2D eigenvalue weighted by atomic mass is 15.4. The van der Waals surface area contributed by atoms with E-state index in [0.29, 0.717) is 0 Å². The summed E-state index contributed by atoms with van der Waals surface area (Å²) in [5.74, 6) is 9.18. The van der Waals surface area contributed by atoms with Gasteiger partial charge in [0.05, 0.1) is 11.2 Å². The van der Waals surface area contributed by atoms with Gasteiger partial charge >= 0.3 is 0 Å². The number of hydrogen-bond donors (Lipinski definition) is 2. The lowest BCUT2D eigenvalue weighted by molar-refractivity contribution is -0.0711. The Morgan fingerprint density at radius 2 is 1.52 bits per heavy atom. The molecule has 4 bridgehead atoms. The van der Waals surface area contributed by atoms with Crippen molar-refractivity contribution in [1.29, 1.82) is 0 Å². The third-order valence-electron chi connectivity index (χ3n) is 5.94. The average molecular weight is 283 g/mol. The molecule has 0 amide bonds. The van der Waals surface area contributed by atoms with Gasteiger partial charge in [-0.25, -0.2) is 5.84 Å². The number of rotatable bonds is 3. The van der Waals surface area contributed by atoms with Crippen molar-refractivity contribution < 1.29 is 0 Å². The van der Waals surface area contributed by atoms with Crippen molar-refractivity contribution >= 4 is 5.70 Å². The van der Waals surface area contributed by atoms with Crippen LogP contribution < -0.4 is 11.6 Å². The molecule has 0 heterocycles. The van der Waals surface area contributed by atoms with Crippen molar-refractivity contribution in [3.8, 4) is 0 Å². The second-order valence-corrected chi connectivity index (χ2v) is 7.50. The Morgan fingerprint density at radius 3 is 2.05 bits per heavy atom. The molecular weight excluding hydrogens is 258 g/mol. The quantitative estimate of drug-likeness (QED) is 0.662. The van der Waals surface area contributed by atoms with Crippen LogP contribution in [-0.4, -0.2) is 10.5 Å². The van der Waals surface area contributed by atoms with Crippen LogP contribution in [0.25, 0.3) is 5.70 Å². The molecule has 0 radical (unpaired) electrons. The Morgan fingerprint density at radius 1 is 1.00 bits per heavy atom. The van der Waals surface area contributed by atoms with E-state index >= 15 is 0 Å². The van der Waals surface area contributed by atoms with E-state index in [1.54, 1.807) is 0 Å². The number of hydrogen-bond acceptors (Lipinski definition) is 3. The lowest BCUT2D eigenvalue weighted by Crippen LogP contribution is -2.60. The topological polar surface area (TPSA) is 55.3 Å². The van der Waals surface area contributed by atoms with E-state index in [1.165, 1.54) is 38.5 Å². The van der Waals surface area contributed by atoms with Gasteiger partial charge in [0.2, 0.25) is 0 Å². The first-order valence-electron chi connectivity index (χ1n) is 8.21. The molecular formula is C18H25N3. The van der Waals surface area contributed by atoms with Crippen LogP contribution in [0.4, 0.5) is 0 Å². The summed E-state index contributed by atoms with van der Waals surface area (Å²) in [7, 11) is 0. The first-order valence-corrected chi connectivity index (χ1v) is 8.21. The fraction of sp³-hybridized carbons (Fsp3) is 0.556. The lowest BCUT2D eigenvalue weighted by Gasteiger charge is -2.59. The second kappa shape index (κ2) is 4.77. The fourth-order valence-corrected chi connectivity index (χ4v) is 5.37. The molecule has 4 aliphatic carbocycles. The Balaban J connectivity index is 1.59. The highest BCUT2D eigenvalue weighted by molar-refractivity contribution is 5.62. The van der Waals surface area contributed by atoms with E-state index in [2.05, 4.69) is 0 Å². The summed E-state index contributed by atoms with van der Waals surface area (Å²) in [6.07, 6.45) is 10.1. The third-order valence-corrected chi connectivity index (χ3v) is 5.94. The summed E-state index contributed by atoms with van der Waals surface area (Å²) in [5.41, 5.74) is 8.25. The van der Waals surface area contributed by atoms with Gasteiger partial charge in [-0.1, -0.05) is 30.3 Å². The maximum atomic E-state index is 6.49. The maximum Gasteiger partial charge on any atom is 0.0564 e. The predicted molar refractivity (Wildman–Crippen MR) is 85.5 cm³/mol. The van der Waals surface area contributed by atoms with E-state index < -0.39 is 0 Å². The number of nitrogens with zero attached hydrogens (tertiary/aromatic N) is 1. The highest BCUT2D eigenvalue weighted by Crippen LogP contribution is 2.57. The Labute approximate surface area is 127 Å². The van der Waals surface area contributed by atoms with Crippen LogP contribution in [0.3, 0.4) is 0 Å². The van der Waals surface area contributed by atoms with Crippen molar-refractivity contribution in [2.24, 2.45) is 29.3 Å². The van der Waals surface area contributed by atoms with Crippen LogP contribution in [0.2, 0.25) is 0 Å². The van der Waals surface area contributed by atoms with Crippen molar-refractivity contribution in [3.05, 3.63) is 42.1 Å². The Bertz CT molecular complexity index is 514. The van der Waals surface area contributed by atoms with E-state index in [4.69, 9.17) is 11.6 Å². The summed E-state index contributed by atoms with van der Waals surface area (Å²) in [6.45, 7) is 0. The predicted octanol–water partition coefficient (Wildman–Crippen LogP) is 3.09. The molecule has 0 aliphatic heterocycles. The number of hydrazine groups is 1. The van der Waals surface area contributed by atoms with E-state index in [1.807, 2.05) is 41.5 Å². The molecule has 4 aliphatic rings. The molecule has 112 valence electrons. The number of benzene rings is 1. The second-order valence-electron chi connectivity index (χ2n) is 7.50. The molecule has 4 fully saturated rings. The molecule has 1 aromatic rings. The maximum absolute atomic E-state index is 6.49. The van der Waals surface area contributed by atoms with E-state index in [9.17, 15) is 0 Å². The van der Waals surface area contributed by atoms with Gasteiger partial charge in [-0.05, 0) is 61.8 Å². The molecule has 1 aromatic carbocycles. The van der Waals surface area contributed by atoms with Gasteiger partial charge in [-0.15, -0.1) is 0 Å². The van der Waals surface area contributed by atoms with Gasteiger partial charge in [0, 0.05) is 6.20 Å². The van der Waals surface area contributed by atoms with Crippen LogP contribution >= 0.6 is 0 Å². The normalized spacial score (nSPS) is 37.8. The standard InChI is InChI=1S/C18H25N3/c19-17(16-4-2-1-3-5-16)12-21(20)18-9-13-6-14(10-18)8-15(7-13)11-18/h1-5,12-15H,6-11,19-20H2/b17-12-. The SMILES string of the molecule is N/C(=C\N(N)C12CC3CC(CC(C3)C1)C2)c1ccccc1. The molecule has 0 saturated heterocycles. The molecule has 3 heteroatoms. The van der Waals surface area contributed by atoms with Crippen LogP contribution in [-0.2, 0) is 0 Å². The summed E-state index contributed by atoms with van der Waals surface area (Å²) < 4.78 is 0. The van der Waals surface area contributed by atoms with Crippen LogP contribution in [0.15, 0.2) is 36.5 Å². The summed E-state index contributed by atoms with van der Waals surface area (Å²) in [4.78, 5) is 0. The average Bonchev–Trinajstić information content (AvgIpc) is 2.46. The van der Waals surface area contributed by atoms with Gasteiger partial charge in [0.25, 0.3) is 0 Å². The largest absolute Gasteiger partial charge is 0.397 e. The van der Waals surface area contributed by atoms with Gasteiger partial charge < -0.3 is 10.7 Å². The zero-order valence-corrected chi connectivity index (χ0v) is 12.5.